The zero-order chi connectivity index (χ0) is 20.8. The van der Waals surface area contributed by atoms with Gasteiger partial charge in [-0.25, -0.2) is 24.4 Å². The third-order valence-electron chi connectivity index (χ3n) is 4.97. The monoisotopic (exact) mass is 428 g/mol. The van der Waals surface area contributed by atoms with Crippen LogP contribution in [0, 0.1) is 0 Å². The summed E-state index contributed by atoms with van der Waals surface area (Å²) < 4.78 is 65.3. The summed E-state index contributed by atoms with van der Waals surface area (Å²) in [7, 11) is -4.70. The molecule has 0 aliphatic carbocycles. The molecule has 4 rings (SSSR count). The van der Waals surface area contributed by atoms with E-state index < -0.39 is 32.8 Å². The number of nitrogens with two attached hydrogens (primary N) is 1. The molecule has 0 aromatic heterocycles. The van der Waals surface area contributed by atoms with E-state index in [4.69, 9.17) is 5.14 Å². The minimum Gasteiger partial charge on any atom is -0.312 e. The van der Waals surface area contributed by atoms with Gasteiger partial charge in [0.1, 0.15) is 11.1 Å². The van der Waals surface area contributed by atoms with Crippen molar-refractivity contribution < 1.29 is 21.6 Å². The van der Waals surface area contributed by atoms with Crippen LogP contribution < -0.4 is 32.4 Å². The summed E-state index contributed by atoms with van der Waals surface area (Å²) in [6.07, 6.45) is -5.03. The lowest BCUT2D eigenvalue weighted by molar-refractivity contribution is -0.140. The number of alkyl halides is 3. The van der Waals surface area contributed by atoms with Gasteiger partial charge in [0.2, 0.25) is 10.0 Å². The summed E-state index contributed by atoms with van der Waals surface area (Å²) in [5.41, 5.74) is 12.0. The molecule has 29 heavy (non-hydrogen) atoms. The molecule has 0 bridgehead atoms. The molecule has 156 valence electrons. The summed E-state index contributed by atoms with van der Waals surface area (Å²) in [6.45, 7) is 1.48. The Morgan fingerprint density at radius 1 is 1.03 bits per heavy atom. The van der Waals surface area contributed by atoms with Gasteiger partial charge in [-0.1, -0.05) is 18.2 Å². The highest BCUT2D eigenvalue weighted by Crippen LogP contribution is 2.41. The Hall–Kier alpha value is -2.06. The lowest BCUT2D eigenvalue weighted by Gasteiger charge is -2.23. The molecule has 1 saturated heterocycles. The predicted octanol–water partition coefficient (Wildman–Crippen LogP) is 0.781. The number of hydrogen-bond acceptors (Lipinski definition) is 7. The van der Waals surface area contributed by atoms with E-state index in [9.17, 15) is 21.6 Å². The molecule has 8 nitrogen and oxygen atoms in total. The minimum absolute atomic E-state index is 0.122. The molecule has 0 spiro atoms. The zero-order valence-corrected chi connectivity index (χ0v) is 15.8. The van der Waals surface area contributed by atoms with E-state index >= 15 is 0 Å². The third-order valence-corrected chi connectivity index (χ3v) is 5.98. The Bertz CT molecular complexity index is 1050. The SMILES string of the molecule is NS(=O)(=O)c1c(C(F)(F)F)ccc(-c2ccc3c(c2)CNCC3)c1C1NNNN1. The van der Waals surface area contributed by atoms with Crippen LogP contribution >= 0.6 is 0 Å². The van der Waals surface area contributed by atoms with Crippen molar-refractivity contribution in [2.45, 2.75) is 30.2 Å². The van der Waals surface area contributed by atoms with Gasteiger partial charge in [0.25, 0.3) is 0 Å². The van der Waals surface area contributed by atoms with E-state index in [-0.39, 0.29) is 5.56 Å². The fraction of sp³-hybridized carbons (Fsp3) is 0.294. The Kier molecular flexibility index (Phi) is 5.11. The summed E-state index contributed by atoms with van der Waals surface area (Å²) in [4.78, 5) is -0.964. The van der Waals surface area contributed by atoms with Crippen LogP contribution in [-0.4, -0.2) is 15.0 Å². The quantitative estimate of drug-likeness (QED) is 0.428. The van der Waals surface area contributed by atoms with Gasteiger partial charge in [-0.05, 0) is 47.4 Å². The largest absolute Gasteiger partial charge is 0.417 e. The van der Waals surface area contributed by atoms with Crippen LogP contribution in [0.5, 0.6) is 0 Å². The molecule has 12 heteroatoms. The number of halogens is 3. The number of hydrogen-bond donors (Lipinski definition) is 6. The van der Waals surface area contributed by atoms with Crippen molar-refractivity contribution in [2.24, 2.45) is 5.14 Å². The molecule has 2 aliphatic heterocycles. The second-order valence-corrected chi connectivity index (χ2v) is 8.33. The lowest BCUT2D eigenvalue weighted by atomic mass is 9.91. The van der Waals surface area contributed by atoms with E-state index in [1.807, 2.05) is 12.1 Å². The van der Waals surface area contributed by atoms with Crippen LogP contribution in [0.2, 0.25) is 0 Å². The molecule has 0 radical (unpaired) electrons. The van der Waals surface area contributed by atoms with Gasteiger partial charge in [0.15, 0.2) is 0 Å². The molecule has 0 amide bonds. The zero-order valence-electron chi connectivity index (χ0n) is 15.0. The van der Waals surface area contributed by atoms with Crippen LogP contribution in [0.1, 0.15) is 28.4 Å². The first-order valence-corrected chi connectivity index (χ1v) is 10.3. The van der Waals surface area contributed by atoms with Crippen LogP contribution in [0.15, 0.2) is 35.2 Å². The topological polar surface area (TPSA) is 120 Å². The van der Waals surface area contributed by atoms with Crippen molar-refractivity contribution in [3.8, 4) is 11.1 Å². The molecule has 0 unspecified atom stereocenters. The highest BCUT2D eigenvalue weighted by Gasteiger charge is 2.40. The van der Waals surface area contributed by atoms with Gasteiger partial charge in [-0.2, -0.15) is 24.2 Å². The second kappa shape index (κ2) is 7.32. The summed E-state index contributed by atoms with van der Waals surface area (Å²) in [6, 6.07) is 7.57. The van der Waals surface area contributed by atoms with E-state index in [1.165, 1.54) is 6.07 Å². The third kappa shape index (κ3) is 3.88. The average molecular weight is 428 g/mol. The molecular weight excluding hydrogens is 409 g/mol. The molecule has 2 aliphatic rings. The van der Waals surface area contributed by atoms with Crippen LogP contribution in [0.25, 0.3) is 11.1 Å². The Morgan fingerprint density at radius 2 is 1.76 bits per heavy atom. The van der Waals surface area contributed by atoms with Crippen LogP contribution in [0.4, 0.5) is 13.2 Å². The molecule has 7 N–H and O–H groups in total. The maximum atomic E-state index is 13.6. The Balaban J connectivity index is 1.99. The highest BCUT2D eigenvalue weighted by molar-refractivity contribution is 7.89. The maximum Gasteiger partial charge on any atom is 0.417 e. The normalized spacial score (nSPS) is 18.1. The van der Waals surface area contributed by atoms with E-state index in [0.29, 0.717) is 17.7 Å². The summed E-state index contributed by atoms with van der Waals surface area (Å²) in [5.74, 6) is 0. The van der Waals surface area contributed by atoms with Crippen molar-refractivity contribution in [3.05, 3.63) is 52.6 Å². The Labute approximate surface area is 165 Å². The highest BCUT2D eigenvalue weighted by atomic mass is 32.2. The molecule has 1 fully saturated rings. The maximum absolute atomic E-state index is 13.6. The van der Waals surface area contributed by atoms with Crippen molar-refractivity contribution >= 4 is 10.0 Å². The number of benzene rings is 2. The van der Waals surface area contributed by atoms with Gasteiger partial charge in [0.05, 0.1) is 5.56 Å². The fourth-order valence-corrected chi connectivity index (χ4v) is 4.74. The first kappa shape index (κ1) is 20.2. The number of rotatable bonds is 3. The lowest BCUT2D eigenvalue weighted by Crippen LogP contribution is -2.33. The van der Waals surface area contributed by atoms with E-state index in [0.717, 1.165) is 30.2 Å². The standard InChI is InChI=1S/C17H19F3N6O2S/c18-17(19,20)13-4-3-12(10-2-1-9-5-6-22-8-11(9)7-10)14(15(13)29(21,27)28)16-23-25-26-24-16/h1-4,7,16,22-26H,5-6,8H2,(H2,21,27,28). The molecule has 2 aromatic carbocycles. The van der Waals surface area contributed by atoms with Gasteiger partial charge in [-0.3, -0.25) is 0 Å². The van der Waals surface area contributed by atoms with Gasteiger partial charge in [0, 0.05) is 12.1 Å². The number of fused-ring (bicyclic) bond motifs is 1. The predicted molar refractivity (Wildman–Crippen MR) is 98.9 cm³/mol. The van der Waals surface area contributed by atoms with Crippen LogP contribution in [-0.2, 0) is 29.2 Å². The van der Waals surface area contributed by atoms with Gasteiger partial charge >= 0.3 is 6.18 Å². The average Bonchev–Trinajstić information content (AvgIpc) is 3.19. The van der Waals surface area contributed by atoms with E-state index in [2.05, 4.69) is 27.2 Å². The number of sulfonamides is 1. The van der Waals surface area contributed by atoms with E-state index in [1.54, 1.807) is 6.07 Å². The molecular formula is C17H19F3N6O2S. The number of nitrogens with one attached hydrogen (secondary N) is 5. The number of primary sulfonamides is 1. The molecule has 0 atom stereocenters. The van der Waals surface area contributed by atoms with Crippen LogP contribution in [0.3, 0.4) is 0 Å². The van der Waals surface area contributed by atoms with Crippen molar-refractivity contribution in [3.63, 3.8) is 0 Å². The van der Waals surface area contributed by atoms with Crippen molar-refractivity contribution in [2.75, 3.05) is 6.54 Å². The summed E-state index contributed by atoms with van der Waals surface area (Å²) in [5, 5.41) is 8.49. The summed E-state index contributed by atoms with van der Waals surface area (Å²) >= 11 is 0. The first-order valence-electron chi connectivity index (χ1n) is 8.77. The molecule has 2 heterocycles. The Morgan fingerprint density at radius 3 is 2.41 bits per heavy atom. The minimum atomic E-state index is -4.89. The molecule has 2 aromatic rings. The van der Waals surface area contributed by atoms with Crippen molar-refractivity contribution in [1.29, 1.82) is 0 Å². The van der Waals surface area contributed by atoms with Crippen molar-refractivity contribution in [1.82, 2.24) is 27.2 Å². The number of hydrazine groups is 3. The smallest absolute Gasteiger partial charge is 0.312 e. The second-order valence-electron chi connectivity index (χ2n) is 6.83. The fourth-order valence-electron chi connectivity index (χ4n) is 3.71. The van der Waals surface area contributed by atoms with Gasteiger partial charge in [-0.15, -0.1) is 0 Å². The molecule has 0 saturated carbocycles. The van der Waals surface area contributed by atoms with Gasteiger partial charge < -0.3 is 5.32 Å². The first-order chi connectivity index (χ1) is 13.7.